The largest absolute Gasteiger partial charge is 0.486 e. The first-order chi connectivity index (χ1) is 13.2. The summed E-state index contributed by atoms with van der Waals surface area (Å²) in [6.45, 7) is 2.53. The Morgan fingerprint density at radius 2 is 1.79 bits per heavy atom. The third-order valence-corrected chi connectivity index (χ3v) is 6.11. The summed E-state index contributed by atoms with van der Waals surface area (Å²) in [4.78, 5) is 12.5. The van der Waals surface area contributed by atoms with Gasteiger partial charge in [0.2, 0.25) is 15.9 Å². The highest BCUT2D eigenvalue weighted by atomic mass is 127. The zero-order chi connectivity index (χ0) is 20.3. The van der Waals surface area contributed by atoms with Crippen LogP contribution in [0.25, 0.3) is 0 Å². The lowest BCUT2D eigenvalue weighted by Gasteiger charge is -2.24. The van der Waals surface area contributed by atoms with Crippen LogP contribution in [0.4, 0.5) is 5.69 Å². The molecule has 1 amide bonds. The maximum Gasteiger partial charge on any atom is 0.241 e. The van der Waals surface area contributed by atoms with E-state index in [1.807, 2.05) is 19.1 Å². The molecular formula is C19H21IN2O5S. The van der Waals surface area contributed by atoms with Crippen molar-refractivity contribution in [3.8, 4) is 11.5 Å². The number of anilines is 1. The summed E-state index contributed by atoms with van der Waals surface area (Å²) < 4.78 is 37.5. The third kappa shape index (κ3) is 5.07. The molecule has 2 aromatic rings. The minimum absolute atomic E-state index is 0.297. The van der Waals surface area contributed by atoms with Crippen molar-refractivity contribution in [2.75, 3.05) is 30.3 Å². The van der Waals surface area contributed by atoms with Crippen LogP contribution in [0.3, 0.4) is 0 Å². The van der Waals surface area contributed by atoms with Gasteiger partial charge in [-0.25, -0.2) is 8.42 Å². The van der Waals surface area contributed by atoms with Gasteiger partial charge in [0.15, 0.2) is 11.5 Å². The molecule has 1 aliphatic heterocycles. The standard InChI is InChI=1S/C19H21IN2O5S/c1-13(14-3-8-17-18(11-14)27-10-9-26-17)21-19(23)12-22(28(2,24)25)16-6-4-15(20)5-7-16/h3-8,11,13H,9-10,12H2,1-2H3,(H,21,23)/t13-/m0/s1. The van der Waals surface area contributed by atoms with E-state index in [9.17, 15) is 13.2 Å². The smallest absolute Gasteiger partial charge is 0.241 e. The monoisotopic (exact) mass is 516 g/mol. The number of ether oxygens (including phenoxy) is 2. The fourth-order valence-corrected chi connectivity index (χ4v) is 4.05. The number of hydrogen-bond donors (Lipinski definition) is 1. The van der Waals surface area contributed by atoms with E-state index in [4.69, 9.17) is 9.47 Å². The molecule has 0 fully saturated rings. The third-order valence-electron chi connectivity index (χ3n) is 4.25. The molecule has 0 spiro atoms. The van der Waals surface area contributed by atoms with E-state index in [0.717, 1.165) is 19.7 Å². The molecule has 7 nitrogen and oxygen atoms in total. The van der Waals surface area contributed by atoms with Crippen molar-refractivity contribution < 1.29 is 22.7 Å². The molecule has 0 unspecified atom stereocenters. The topological polar surface area (TPSA) is 84.9 Å². The molecule has 0 aliphatic carbocycles. The molecule has 3 rings (SSSR count). The normalized spacial score (nSPS) is 14.2. The van der Waals surface area contributed by atoms with Gasteiger partial charge in [0.1, 0.15) is 19.8 Å². The Balaban J connectivity index is 1.71. The zero-order valence-corrected chi connectivity index (χ0v) is 18.5. The Morgan fingerprint density at radius 3 is 2.43 bits per heavy atom. The Kier molecular flexibility index (Phi) is 6.33. The predicted octanol–water partition coefficient (Wildman–Crippen LogP) is 2.71. The predicted molar refractivity (Wildman–Crippen MR) is 115 cm³/mol. The molecule has 1 aliphatic rings. The Hall–Kier alpha value is -2.01. The molecular weight excluding hydrogens is 495 g/mol. The van der Waals surface area contributed by atoms with Gasteiger partial charge in [0, 0.05) is 3.57 Å². The lowest BCUT2D eigenvalue weighted by Crippen LogP contribution is -2.41. The summed E-state index contributed by atoms with van der Waals surface area (Å²) in [7, 11) is -3.60. The van der Waals surface area contributed by atoms with E-state index in [-0.39, 0.29) is 12.6 Å². The maximum absolute atomic E-state index is 12.5. The van der Waals surface area contributed by atoms with Crippen molar-refractivity contribution in [3.05, 3.63) is 51.6 Å². The Labute approximate surface area is 178 Å². The average Bonchev–Trinajstić information content (AvgIpc) is 2.65. The molecule has 2 aromatic carbocycles. The van der Waals surface area contributed by atoms with Crippen LogP contribution in [0.2, 0.25) is 0 Å². The fourth-order valence-electron chi connectivity index (χ4n) is 2.84. The summed E-state index contributed by atoms with van der Waals surface area (Å²) in [5, 5.41) is 2.84. The average molecular weight is 516 g/mol. The van der Waals surface area contributed by atoms with E-state index in [1.165, 1.54) is 0 Å². The van der Waals surface area contributed by atoms with Crippen molar-refractivity contribution in [3.63, 3.8) is 0 Å². The first-order valence-corrected chi connectivity index (χ1v) is 11.6. The van der Waals surface area contributed by atoms with Crippen LogP contribution in [-0.2, 0) is 14.8 Å². The summed E-state index contributed by atoms with van der Waals surface area (Å²) >= 11 is 2.14. The van der Waals surface area contributed by atoms with Gasteiger partial charge < -0.3 is 14.8 Å². The lowest BCUT2D eigenvalue weighted by atomic mass is 10.1. The van der Waals surface area contributed by atoms with Gasteiger partial charge in [-0.2, -0.15) is 0 Å². The minimum atomic E-state index is -3.60. The highest BCUT2D eigenvalue weighted by Gasteiger charge is 2.22. The summed E-state index contributed by atoms with van der Waals surface area (Å²) in [5.74, 6) is 0.920. The molecule has 0 radical (unpaired) electrons. The molecule has 28 heavy (non-hydrogen) atoms. The minimum Gasteiger partial charge on any atom is -0.486 e. The van der Waals surface area contributed by atoms with Gasteiger partial charge in [0.25, 0.3) is 0 Å². The van der Waals surface area contributed by atoms with Crippen molar-refractivity contribution in [1.29, 1.82) is 0 Å². The zero-order valence-electron chi connectivity index (χ0n) is 15.5. The summed E-state index contributed by atoms with van der Waals surface area (Å²) in [6.07, 6.45) is 1.09. The van der Waals surface area contributed by atoms with Crippen molar-refractivity contribution in [2.24, 2.45) is 0 Å². The van der Waals surface area contributed by atoms with Crippen LogP contribution in [0.1, 0.15) is 18.5 Å². The van der Waals surface area contributed by atoms with Gasteiger partial charge >= 0.3 is 0 Å². The van der Waals surface area contributed by atoms with Gasteiger partial charge in [-0.05, 0) is 71.5 Å². The first kappa shape index (κ1) is 20.7. The fraction of sp³-hybridized carbons (Fsp3) is 0.316. The van der Waals surface area contributed by atoms with Crippen LogP contribution >= 0.6 is 22.6 Å². The van der Waals surface area contributed by atoms with E-state index >= 15 is 0 Å². The van der Waals surface area contributed by atoms with Crippen LogP contribution in [-0.4, -0.2) is 40.3 Å². The molecule has 0 saturated carbocycles. The summed E-state index contributed by atoms with van der Waals surface area (Å²) in [6, 6.07) is 12.1. The molecule has 1 heterocycles. The molecule has 9 heteroatoms. The van der Waals surface area contributed by atoms with E-state index in [1.54, 1.807) is 30.3 Å². The van der Waals surface area contributed by atoms with E-state index < -0.39 is 15.9 Å². The highest BCUT2D eigenvalue weighted by molar-refractivity contribution is 14.1. The van der Waals surface area contributed by atoms with Crippen LogP contribution in [0, 0.1) is 3.57 Å². The molecule has 0 saturated heterocycles. The number of rotatable bonds is 6. The second-order valence-corrected chi connectivity index (χ2v) is 9.59. The number of nitrogens with zero attached hydrogens (tertiary/aromatic N) is 1. The van der Waals surface area contributed by atoms with Crippen molar-refractivity contribution in [1.82, 2.24) is 5.32 Å². The SMILES string of the molecule is C[C@H](NC(=O)CN(c1ccc(I)cc1)S(C)(=O)=O)c1ccc2c(c1)OCCO2. The molecule has 1 atom stereocenters. The molecule has 0 aromatic heterocycles. The number of nitrogens with one attached hydrogen (secondary N) is 1. The second-order valence-electron chi connectivity index (χ2n) is 6.44. The number of benzene rings is 2. The molecule has 150 valence electrons. The van der Waals surface area contributed by atoms with E-state index in [2.05, 4.69) is 27.9 Å². The van der Waals surface area contributed by atoms with Crippen molar-refractivity contribution >= 4 is 44.2 Å². The number of carbonyl (C=O) groups excluding carboxylic acids is 1. The quantitative estimate of drug-likeness (QED) is 0.598. The maximum atomic E-state index is 12.5. The number of halogens is 1. The Morgan fingerprint density at radius 1 is 1.14 bits per heavy atom. The van der Waals surface area contributed by atoms with E-state index in [0.29, 0.717) is 30.4 Å². The number of carbonyl (C=O) groups is 1. The highest BCUT2D eigenvalue weighted by Crippen LogP contribution is 2.32. The van der Waals surface area contributed by atoms with Gasteiger partial charge in [-0.1, -0.05) is 6.07 Å². The van der Waals surface area contributed by atoms with Crippen LogP contribution in [0.5, 0.6) is 11.5 Å². The first-order valence-electron chi connectivity index (χ1n) is 8.66. The van der Waals surface area contributed by atoms with Crippen molar-refractivity contribution in [2.45, 2.75) is 13.0 Å². The van der Waals surface area contributed by atoms with Gasteiger partial charge in [-0.3, -0.25) is 9.10 Å². The molecule has 1 N–H and O–H groups in total. The van der Waals surface area contributed by atoms with Crippen LogP contribution < -0.4 is 19.1 Å². The number of fused-ring (bicyclic) bond motifs is 1. The molecule has 0 bridgehead atoms. The number of sulfonamides is 1. The lowest BCUT2D eigenvalue weighted by molar-refractivity contribution is -0.120. The summed E-state index contributed by atoms with van der Waals surface area (Å²) in [5.41, 5.74) is 1.29. The number of hydrogen-bond acceptors (Lipinski definition) is 5. The van der Waals surface area contributed by atoms with Crippen LogP contribution in [0.15, 0.2) is 42.5 Å². The van der Waals surface area contributed by atoms with Gasteiger partial charge in [0.05, 0.1) is 18.0 Å². The second kappa shape index (κ2) is 8.56. The Bertz CT molecular complexity index is 963. The number of amides is 1. The van der Waals surface area contributed by atoms with Gasteiger partial charge in [-0.15, -0.1) is 0 Å².